The quantitative estimate of drug-likeness (QED) is 0.172. The van der Waals surface area contributed by atoms with Crippen molar-refractivity contribution in [1.29, 1.82) is 0 Å². The lowest BCUT2D eigenvalue weighted by Gasteiger charge is -2.35. The number of methoxy groups -OCH3 is 1. The summed E-state index contributed by atoms with van der Waals surface area (Å²) < 4.78 is 40.6. The van der Waals surface area contributed by atoms with Gasteiger partial charge in [0, 0.05) is 18.5 Å². The van der Waals surface area contributed by atoms with Crippen LogP contribution in [0.5, 0.6) is 11.5 Å². The summed E-state index contributed by atoms with van der Waals surface area (Å²) in [5.74, 6) is 0.266. The Bertz CT molecular complexity index is 1770. The molecule has 0 saturated heterocycles. The second-order valence-corrected chi connectivity index (χ2v) is 14.4. The SMILES string of the molecule is CCOc1ccc(N(CC(=O)N(Cc2cccc(OC)c2)[C@H](Cc2ccccc2)C(=O)NC(C)(C)C)S(=O)(=O)c2ccc(C)cc2)cc1. The number of anilines is 1. The van der Waals surface area contributed by atoms with Gasteiger partial charge < -0.3 is 19.7 Å². The van der Waals surface area contributed by atoms with Crippen LogP contribution in [0.15, 0.2) is 108 Å². The second-order valence-electron chi connectivity index (χ2n) is 12.6. The van der Waals surface area contributed by atoms with Gasteiger partial charge in [-0.25, -0.2) is 8.42 Å². The first-order valence-electron chi connectivity index (χ1n) is 15.9. The first-order valence-corrected chi connectivity index (χ1v) is 17.4. The molecule has 4 aromatic rings. The maximum Gasteiger partial charge on any atom is 0.264 e. The van der Waals surface area contributed by atoms with E-state index >= 15 is 0 Å². The van der Waals surface area contributed by atoms with Gasteiger partial charge in [0.2, 0.25) is 11.8 Å². The van der Waals surface area contributed by atoms with E-state index in [2.05, 4.69) is 5.32 Å². The van der Waals surface area contributed by atoms with Crippen molar-refractivity contribution in [2.24, 2.45) is 0 Å². The molecule has 0 radical (unpaired) electrons. The number of nitrogens with zero attached hydrogens (tertiary/aromatic N) is 2. The molecule has 0 spiro atoms. The smallest absolute Gasteiger partial charge is 0.264 e. The average Bonchev–Trinajstić information content (AvgIpc) is 3.05. The van der Waals surface area contributed by atoms with Crippen LogP contribution in [0.1, 0.15) is 44.4 Å². The second kappa shape index (κ2) is 15.8. The molecule has 0 aromatic heterocycles. The number of rotatable bonds is 14. The average molecular weight is 672 g/mol. The van der Waals surface area contributed by atoms with Gasteiger partial charge in [-0.3, -0.25) is 13.9 Å². The molecule has 2 amide bonds. The first-order chi connectivity index (χ1) is 22.8. The Kier molecular flexibility index (Phi) is 11.9. The molecule has 0 heterocycles. The minimum absolute atomic E-state index is 0.0345. The van der Waals surface area contributed by atoms with Crippen molar-refractivity contribution in [3.8, 4) is 11.5 Å². The van der Waals surface area contributed by atoms with E-state index in [1.165, 1.54) is 17.0 Å². The standard InChI is InChI=1S/C38H45N3O6S/c1-7-47-32-20-18-31(19-21-32)41(48(44,45)34-22-16-28(2)17-23-34)27-36(42)40(26-30-14-11-15-33(24-30)46-6)35(37(43)39-38(3,4)5)25-29-12-9-8-10-13-29/h8-24,35H,7,25-27H2,1-6H3,(H,39,43)/t35-/m1/s1. The Labute approximate surface area is 284 Å². The lowest BCUT2D eigenvalue weighted by atomic mass is 10.0. The number of hydrogen-bond acceptors (Lipinski definition) is 6. The van der Waals surface area contributed by atoms with E-state index in [1.807, 2.05) is 77.1 Å². The maximum atomic E-state index is 14.7. The van der Waals surface area contributed by atoms with Gasteiger partial charge in [-0.15, -0.1) is 0 Å². The Morgan fingerprint density at radius 1 is 0.833 bits per heavy atom. The summed E-state index contributed by atoms with van der Waals surface area (Å²) in [4.78, 5) is 30.2. The maximum absolute atomic E-state index is 14.7. The fraction of sp³-hybridized carbons (Fsp3) is 0.316. The van der Waals surface area contributed by atoms with Gasteiger partial charge in [-0.05, 0) is 94.3 Å². The molecule has 9 nitrogen and oxygen atoms in total. The van der Waals surface area contributed by atoms with Gasteiger partial charge in [0.05, 0.1) is 24.3 Å². The largest absolute Gasteiger partial charge is 0.497 e. The van der Waals surface area contributed by atoms with E-state index in [0.29, 0.717) is 18.1 Å². The Morgan fingerprint density at radius 3 is 2.08 bits per heavy atom. The Hall–Kier alpha value is -4.83. The zero-order valence-electron chi connectivity index (χ0n) is 28.5. The summed E-state index contributed by atoms with van der Waals surface area (Å²) in [6.45, 7) is 9.29. The predicted octanol–water partition coefficient (Wildman–Crippen LogP) is 6.15. The molecule has 0 aliphatic carbocycles. The van der Waals surface area contributed by atoms with Gasteiger partial charge in [0.1, 0.15) is 24.1 Å². The summed E-state index contributed by atoms with van der Waals surface area (Å²) in [6.07, 6.45) is 0.215. The molecular formula is C38H45N3O6S. The predicted molar refractivity (Wildman–Crippen MR) is 189 cm³/mol. The minimum atomic E-state index is -4.22. The normalized spacial score (nSPS) is 12.1. The van der Waals surface area contributed by atoms with Crippen LogP contribution >= 0.6 is 0 Å². The molecule has 254 valence electrons. The van der Waals surface area contributed by atoms with Crippen LogP contribution in [0, 0.1) is 6.92 Å². The molecule has 48 heavy (non-hydrogen) atoms. The Morgan fingerprint density at radius 2 is 1.48 bits per heavy atom. The van der Waals surface area contributed by atoms with Crippen LogP contribution in [-0.4, -0.2) is 57.0 Å². The van der Waals surface area contributed by atoms with Crippen LogP contribution in [0.25, 0.3) is 0 Å². The number of aryl methyl sites for hydroxylation is 1. The molecular weight excluding hydrogens is 627 g/mol. The molecule has 0 unspecified atom stereocenters. The first kappa shape index (κ1) is 36.0. The molecule has 4 aromatic carbocycles. The third kappa shape index (κ3) is 9.60. The lowest BCUT2D eigenvalue weighted by molar-refractivity contribution is -0.140. The van der Waals surface area contributed by atoms with Crippen LogP contribution in [0.4, 0.5) is 5.69 Å². The summed E-state index contributed by atoms with van der Waals surface area (Å²) in [5.41, 5.74) is 2.17. The highest BCUT2D eigenvalue weighted by atomic mass is 32.2. The van der Waals surface area contributed by atoms with Crippen molar-refractivity contribution in [3.05, 3.63) is 120 Å². The Balaban J connectivity index is 1.83. The van der Waals surface area contributed by atoms with Crippen molar-refractivity contribution in [3.63, 3.8) is 0 Å². The van der Waals surface area contributed by atoms with E-state index in [1.54, 1.807) is 55.6 Å². The zero-order valence-corrected chi connectivity index (χ0v) is 29.3. The summed E-state index contributed by atoms with van der Waals surface area (Å²) >= 11 is 0. The highest BCUT2D eigenvalue weighted by molar-refractivity contribution is 7.92. The van der Waals surface area contributed by atoms with E-state index in [4.69, 9.17) is 9.47 Å². The van der Waals surface area contributed by atoms with Gasteiger partial charge in [0.15, 0.2) is 0 Å². The van der Waals surface area contributed by atoms with Crippen LogP contribution in [0.3, 0.4) is 0 Å². The van der Waals surface area contributed by atoms with Crippen LogP contribution in [0.2, 0.25) is 0 Å². The van der Waals surface area contributed by atoms with Gasteiger partial charge in [0.25, 0.3) is 10.0 Å². The van der Waals surface area contributed by atoms with E-state index < -0.39 is 34.1 Å². The zero-order chi connectivity index (χ0) is 34.9. The number of nitrogens with one attached hydrogen (secondary N) is 1. The van der Waals surface area contributed by atoms with E-state index in [0.717, 1.165) is 21.0 Å². The van der Waals surface area contributed by atoms with Crippen molar-refractivity contribution in [1.82, 2.24) is 10.2 Å². The molecule has 4 rings (SSSR count). The number of carbonyl (C=O) groups is 2. The number of hydrogen-bond donors (Lipinski definition) is 1. The lowest BCUT2D eigenvalue weighted by Crippen LogP contribution is -2.56. The number of benzene rings is 4. The third-order valence-electron chi connectivity index (χ3n) is 7.58. The fourth-order valence-electron chi connectivity index (χ4n) is 5.22. The van der Waals surface area contributed by atoms with E-state index in [-0.39, 0.29) is 29.5 Å². The molecule has 0 aliphatic heterocycles. The summed E-state index contributed by atoms with van der Waals surface area (Å²) in [7, 11) is -2.66. The third-order valence-corrected chi connectivity index (χ3v) is 9.37. The molecule has 1 N–H and O–H groups in total. The molecule has 0 fully saturated rings. The van der Waals surface area contributed by atoms with Crippen LogP contribution in [-0.2, 0) is 32.6 Å². The van der Waals surface area contributed by atoms with Crippen molar-refractivity contribution < 1.29 is 27.5 Å². The molecule has 0 bridgehead atoms. The number of amides is 2. The molecule has 1 atom stereocenters. The minimum Gasteiger partial charge on any atom is -0.497 e. The van der Waals surface area contributed by atoms with E-state index in [9.17, 15) is 18.0 Å². The number of ether oxygens (including phenoxy) is 2. The van der Waals surface area contributed by atoms with Gasteiger partial charge >= 0.3 is 0 Å². The van der Waals surface area contributed by atoms with Gasteiger partial charge in [-0.2, -0.15) is 0 Å². The molecule has 0 saturated carbocycles. The summed E-state index contributed by atoms with van der Waals surface area (Å²) in [6, 6.07) is 28.8. The van der Waals surface area contributed by atoms with Crippen molar-refractivity contribution >= 4 is 27.5 Å². The fourth-order valence-corrected chi connectivity index (χ4v) is 6.63. The highest BCUT2D eigenvalue weighted by Crippen LogP contribution is 2.28. The topological polar surface area (TPSA) is 105 Å². The molecule has 0 aliphatic rings. The summed E-state index contributed by atoms with van der Waals surface area (Å²) in [5, 5.41) is 3.04. The van der Waals surface area contributed by atoms with Gasteiger partial charge in [-0.1, -0.05) is 60.2 Å². The number of sulfonamides is 1. The van der Waals surface area contributed by atoms with Crippen molar-refractivity contribution in [2.45, 2.75) is 64.1 Å². The van der Waals surface area contributed by atoms with Crippen molar-refractivity contribution in [2.75, 3.05) is 24.6 Å². The highest BCUT2D eigenvalue weighted by Gasteiger charge is 2.35. The monoisotopic (exact) mass is 671 g/mol. The van der Waals surface area contributed by atoms with Crippen LogP contribution < -0.4 is 19.1 Å². The molecule has 10 heteroatoms. The number of carbonyl (C=O) groups excluding carboxylic acids is 2.